The van der Waals surface area contributed by atoms with E-state index in [9.17, 15) is 0 Å². The summed E-state index contributed by atoms with van der Waals surface area (Å²) in [6.45, 7) is 6.13. The maximum Gasteiger partial charge on any atom is 0.146 e. The van der Waals surface area contributed by atoms with Crippen molar-refractivity contribution in [3.63, 3.8) is 0 Å². The SMILES string of the molecule is CCC1=NC(C)OC1C. The van der Waals surface area contributed by atoms with Crippen LogP contribution in [0.1, 0.15) is 27.2 Å². The Balaban J connectivity index is 2.57. The second kappa shape index (κ2) is 2.48. The van der Waals surface area contributed by atoms with Crippen molar-refractivity contribution in [2.45, 2.75) is 39.5 Å². The number of ether oxygens (including phenoxy) is 1. The monoisotopic (exact) mass is 127 g/mol. The average Bonchev–Trinajstić information content (AvgIpc) is 2.10. The smallest absolute Gasteiger partial charge is 0.146 e. The maximum absolute atomic E-state index is 5.36. The molecule has 2 heteroatoms. The molecule has 0 saturated carbocycles. The van der Waals surface area contributed by atoms with E-state index >= 15 is 0 Å². The molecule has 0 aliphatic carbocycles. The van der Waals surface area contributed by atoms with Crippen LogP contribution in [0.2, 0.25) is 0 Å². The van der Waals surface area contributed by atoms with E-state index in [1.54, 1.807) is 0 Å². The zero-order chi connectivity index (χ0) is 6.85. The Kier molecular flexibility index (Phi) is 1.86. The van der Waals surface area contributed by atoms with Gasteiger partial charge in [0, 0.05) is 5.71 Å². The Labute approximate surface area is 55.9 Å². The number of nitrogens with zero attached hydrogens (tertiary/aromatic N) is 1. The lowest BCUT2D eigenvalue weighted by Gasteiger charge is -2.03. The van der Waals surface area contributed by atoms with Crippen LogP contribution in [0.4, 0.5) is 0 Å². The molecule has 1 aliphatic heterocycles. The molecular formula is C7H13NO. The molecule has 9 heavy (non-hydrogen) atoms. The van der Waals surface area contributed by atoms with Gasteiger partial charge in [-0.25, -0.2) is 0 Å². The van der Waals surface area contributed by atoms with Gasteiger partial charge in [0.15, 0.2) is 0 Å². The molecule has 0 aromatic carbocycles. The lowest BCUT2D eigenvalue weighted by atomic mass is 10.2. The molecule has 0 amide bonds. The standard InChI is InChI=1S/C7H13NO/c1-4-7-5(2)9-6(3)8-7/h5-6H,4H2,1-3H3. The molecule has 0 radical (unpaired) electrons. The van der Waals surface area contributed by atoms with Crippen LogP contribution < -0.4 is 0 Å². The van der Waals surface area contributed by atoms with Gasteiger partial charge in [0.05, 0.1) is 6.10 Å². The molecule has 2 nitrogen and oxygen atoms in total. The van der Waals surface area contributed by atoms with E-state index in [2.05, 4.69) is 11.9 Å². The number of rotatable bonds is 1. The van der Waals surface area contributed by atoms with Gasteiger partial charge in [0.25, 0.3) is 0 Å². The van der Waals surface area contributed by atoms with Gasteiger partial charge in [-0.05, 0) is 20.3 Å². The van der Waals surface area contributed by atoms with Crippen molar-refractivity contribution in [1.82, 2.24) is 0 Å². The molecular weight excluding hydrogens is 114 g/mol. The van der Waals surface area contributed by atoms with E-state index in [1.165, 1.54) is 5.71 Å². The first-order chi connectivity index (χ1) is 4.24. The fourth-order valence-corrected chi connectivity index (χ4v) is 1.12. The van der Waals surface area contributed by atoms with Crippen molar-refractivity contribution >= 4 is 5.71 Å². The summed E-state index contributed by atoms with van der Waals surface area (Å²) >= 11 is 0. The van der Waals surface area contributed by atoms with E-state index in [4.69, 9.17) is 4.74 Å². The second-order valence-electron chi connectivity index (χ2n) is 2.35. The number of aliphatic imine (C=N–C) groups is 1. The van der Waals surface area contributed by atoms with Crippen molar-refractivity contribution in [1.29, 1.82) is 0 Å². The van der Waals surface area contributed by atoms with E-state index in [0.29, 0.717) is 0 Å². The van der Waals surface area contributed by atoms with Crippen LogP contribution in [0.25, 0.3) is 0 Å². The Morgan fingerprint density at radius 2 is 2.22 bits per heavy atom. The van der Waals surface area contributed by atoms with Crippen molar-refractivity contribution in [3.8, 4) is 0 Å². The fourth-order valence-electron chi connectivity index (χ4n) is 1.12. The largest absolute Gasteiger partial charge is 0.348 e. The minimum atomic E-state index is 0.0925. The number of hydrogen-bond acceptors (Lipinski definition) is 2. The normalized spacial score (nSPS) is 34.8. The van der Waals surface area contributed by atoms with Crippen LogP contribution >= 0.6 is 0 Å². The van der Waals surface area contributed by atoms with Gasteiger partial charge in [0.2, 0.25) is 0 Å². The van der Waals surface area contributed by atoms with E-state index < -0.39 is 0 Å². The minimum Gasteiger partial charge on any atom is -0.348 e. The number of hydrogen-bond donors (Lipinski definition) is 0. The van der Waals surface area contributed by atoms with Crippen molar-refractivity contribution < 1.29 is 4.74 Å². The summed E-state index contributed by atoms with van der Waals surface area (Å²) in [5, 5.41) is 0. The second-order valence-corrected chi connectivity index (χ2v) is 2.35. The van der Waals surface area contributed by atoms with Crippen LogP contribution in [0, 0.1) is 0 Å². The molecule has 0 N–H and O–H groups in total. The van der Waals surface area contributed by atoms with Gasteiger partial charge in [-0.3, -0.25) is 4.99 Å². The van der Waals surface area contributed by atoms with Crippen LogP contribution in [0.3, 0.4) is 0 Å². The summed E-state index contributed by atoms with van der Waals surface area (Å²) in [6, 6.07) is 0. The van der Waals surface area contributed by atoms with Gasteiger partial charge >= 0.3 is 0 Å². The molecule has 0 fully saturated rings. The molecule has 0 aromatic heterocycles. The maximum atomic E-state index is 5.36. The van der Waals surface area contributed by atoms with Crippen LogP contribution in [0.5, 0.6) is 0 Å². The average molecular weight is 127 g/mol. The summed E-state index contributed by atoms with van der Waals surface area (Å²) in [4.78, 5) is 4.28. The topological polar surface area (TPSA) is 21.6 Å². The quantitative estimate of drug-likeness (QED) is 0.524. The van der Waals surface area contributed by atoms with Crippen molar-refractivity contribution in [3.05, 3.63) is 0 Å². The van der Waals surface area contributed by atoms with E-state index in [-0.39, 0.29) is 12.3 Å². The first-order valence-electron chi connectivity index (χ1n) is 3.46. The third kappa shape index (κ3) is 1.30. The summed E-state index contributed by atoms with van der Waals surface area (Å²) < 4.78 is 5.36. The molecule has 2 unspecified atom stereocenters. The Bertz CT molecular complexity index is 131. The Morgan fingerprint density at radius 1 is 1.56 bits per heavy atom. The molecule has 2 atom stereocenters. The molecule has 52 valence electrons. The molecule has 0 bridgehead atoms. The predicted molar refractivity (Wildman–Crippen MR) is 37.7 cm³/mol. The summed E-state index contributed by atoms with van der Waals surface area (Å²) in [5.74, 6) is 0. The first kappa shape index (κ1) is 6.75. The molecule has 1 heterocycles. The highest BCUT2D eigenvalue weighted by atomic mass is 16.5. The van der Waals surface area contributed by atoms with E-state index in [1.807, 2.05) is 13.8 Å². The minimum absolute atomic E-state index is 0.0925. The lowest BCUT2D eigenvalue weighted by Crippen LogP contribution is -2.13. The zero-order valence-corrected chi connectivity index (χ0v) is 6.22. The van der Waals surface area contributed by atoms with E-state index in [0.717, 1.165) is 6.42 Å². The molecule has 0 aromatic rings. The summed E-state index contributed by atoms with van der Waals surface area (Å²) in [7, 11) is 0. The van der Waals surface area contributed by atoms with Crippen molar-refractivity contribution in [2.24, 2.45) is 4.99 Å². The third-order valence-corrected chi connectivity index (χ3v) is 1.58. The predicted octanol–water partition coefficient (Wildman–Crippen LogP) is 1.60. The van der Waals surface area contributed by atoms with Gasteiger partial charge in [-0.15, -0.1) is 0 Å². The van der Waals surface area contributed by atoms with Crippen LogP contribution in [0.15, 0.2) is 4.99 Å². The Morgan fingerprint density at radius 3 is 2.44 bits per heavy atom. The van der Waals surface area contributed by atoms with Gasteiger partial charge in [-0.2, -0.15) is 0 Å². The zero-order valence-electron chi connectivity index (χ0n) is 6.22. The Hall–Kier alpha value is -0.370. The van der Waals surface area contributed by atoms with Crippen molar-refractivity contribution in [2.75, 3.05) is 0 Å². The molecule has 1 aliphatic rings. The highest BCUT2D eigenvalue weighted by Crippen LogP contribution is 2.12. The molecule has 0 saturated heterocycles. The molecule has 1 rings (SSSR count). The fraction of sp³-hybridized carbons (Fsp3) is 0.857. The van der Waals surface area contributed by atoms with Crippen LogP contribution in [-0.2, 0) is 4.74 Å². The highest BCUT2D eigenvalue weighted by Gasteiger charge is 2.19. The lowest BCUT2D eigenvalue weighted by molar-refractivity contribution is 0.0720. The highest BCUT2D eigenvalue weighted by molar-refractivity contribution is 5.89. The third-order valence-electron chi connectivity index (χ3n) is 1.58. The summed E-state index contributed by atoms with van der Waals surface area (Å²) in [5.41, 5.74) is 1.20. The van der Waals surface area contributed by atoms with Crippen LogP contribution in [-0.4, -0.2) is 18.0 Å². The van der Waals surface area contributed by atoms with Gasteiger partial charge in [-0.1, -0.05) is 6.92 Å². The van der Waals surface area contributed by atoms with Gasteiger partial charge in [0.1, 0.15) is 6.23 Å². The molecule has 0 spiro atoms. The first-order valence-corrected chi connectivity index (χ1v) is 3.46. The van der Waals surface area contributed by atoms with Gasteiger partial charge < -0.3 is 4.74 Å². The summed E-state index contributed by atoms with van der Waals surface area (Å²) in [6.07, 6.45) is 1.37.